The lowest BCUT2D eigenvalue weighted by Gasteiger charge is -2.24. The Bertz CT molecular complexity index is 1030. The average Bonchev–Trinajstić information content (AvgIpc) is 3.33. The largest absolute Gasteiger partial charge is 0.349 e. The highest BCUT2D eigenvalue weighted by atomic mass is 19.1. The summed E-state index contributed by atoms with van der Waals surface area (Å²) in [5, 5.41) is 7.40. The highest BCUT2D eigenvalue weighted by molar-refractivity contribution is 5.76. The van der Waals surface area contributed by atoms with E-state index >= 15 is 0 Å². The second-order valence-electron chi connectivity index (χ2n) is 7.21. The highest BCUT2D eigenvalue weighted by Crippen LogP contribution is 2.31. The van der Waals surface area contributed by atoms with E-state index < -0.39 is 11.6 Å². The van der Waals surface area contributed by atoms with E-state index in [9.17, 15) is 13.6 Å². The van der Waals surface area contributed by atoms with Gasteiger partial charge in [0.05, 0.1) is 12.2 Å². The van der Waals surface area contributed by atoms with Crippen molar-refractivity contribution in [1.82, 2.24) is 24.6 Å². The molecule has 0 saturated heterocycles. The summed E-state index contributed by atoms with van der Waals surface area (Å²) < 4.78 is 30.9. The van der Waals surface area contributed by atoms with Gasteiger partial charge in [-0.3, -0.25) is 4.79 Å². The fourth-order valence-corrected chi connectivity index (χ4v) is 3.91. The minimum absolute atomic E-state index is 0.0423. The van der Waals surface area contributed by atoms with Gasteiger partial charge in [0, 0.05) is 49.1 Å². The van der Waals surface area contributed by atoms with E-state index in [4.69, 9.17) is 0 Å². The summed E-state index contributed by atoms with van der Waals surface area (Å²) >= 11 is 0. The zero-order chi connectivity index (χ0) is 20.4. The van der Waals surface area contributed by atoms with Crippen molar-refractivity contribution in [3.8, 4) is 5.69 Å². The molecular formula is C21H23F2N5O. The zero-order valence-corrected chi connectivity index (χ0v) is 16.2. The third-order valence-electron chi connectivity index (χ3n) is 5.35. The molecule has 3 aromatic rings. The van der Waals surface area contributed by atoms with Gasteiger partial charge in [-0.25, -0.2) is 18.4 Å². The number of aryl methyl sites for hydroxylation is 2. The molecule has 0 bridgehead atoms. The molecule has 0 saturated carbocycles. The van der Waals surface area contributed by atoms with Gasteiger partial charge in [-0.1, -0.05) is 6.92 Å². The summed E-state index contributed by atoms with van der Waals surface area (Å²) in [5.41, 5.74) is 1.96. The molecule has 1 aliphatic rings. The van der Waals surface area contributed by atoms with Crippen molar-refractivity contribution in [1.29, 1.82) is 0 Å². The van der Waals surface area contributed by atoms with E-state index in [0.717, 1.165) is 48.8 Å². The maximum atomic E-state index is 14.2. The van der Waals surface area contributed by atoms with Gasteiger partial charge in [-0.05, 0) is 31.4 Å². The second-order valence-corrected chi connectivity index (χ2v) is 7.21. The van der Waals surface area contributed by atoms with Crippen LogP contribution in [0, 0.1) is 11.6 Å². The van der Waals surface area contributed by atoms with Gasteiger partial charge >= 0.3 is 0 Å². The number of nitrogens with zero attached hydrogens (tertiary/aromatic N) is 4. The van der Waals surface area contributed by atoms with Gasteiger partial charge in [0.25, 0.3) is 0 Å². The Morgan fingerprint density at radius 2 is 2.21 bits per heavy atom. The standard InChI is InChI=1S/C21H23F2N5O/c1-2-20-24-9-11-27(20)10-8-21(29)26-17-4-3-5-18-15(17)13-25-28(18)19-7-6-14(22)12-16(19)23/h6-7,9,11-13,17H,2-5,8,10H2,1H3,(H,26,29)/t17-/m0/s1. The van der Waals surface area contributed by atoms with Gasteiger partial charge in [-0.2, -0.15) is 5.10 Å². The van der Waals surface area contributed by atoms with Crippen LogP contribution in [-0.4, -0.2) is 25.2 Å². The van der Waals surface area contributed by atoms with Crippen LogP contribution in [0.15, 0.2) is 36.8 Å². The van der Waals surface area contributed by atoms with E-state index in [1.165, 1.54) is 16.8 Å². The molecule has 1 atom stereocenters. The number of carbonyl (C=O) groups is 1. The number of nitrogens with one attached hydrogen (secondary N) is 1. The summed E-state index contributed by atoms with van der Waals surface area (Å²) in [6.45, 7) is 2.61. The lowest BCUT2D eigenvalue weighted by atomic mass is 9.92. The van der Waals surface area contributed by atoms with Crippen LogP contribution in [0.5, 0.6) is 0 Å². The van der Waals surface area contributed by atoms with Crippen molar-refractivity contribution in [2.75, 3.05) is 0 Å². The van der Waals surface area contributed by atoms with Gasteiger partial charge in [0.2, 0.25) is 5.91 Å². The third-order valence-corrected chi connectivity index (χ3v) is 5.35. The number of halogens is 2. The normalized spacial score (nSPS) is 15.9. The Balaban J connectivity index is 1.47. The topological polar surface area (TPSA) is 64.7 Å². The number of fused-ring (bicyclic) bond motifs is 1. The van der Waals surface area contributed by atoms with E-state index in [-0.39, 0.29) is 17.6 Å². The van der Waals surface area contributed by atoms with Gasteiger partial charge in [0.15, 0.2) is 5.82 Å². The molecule has 8 heteroatoms. The minimum atomic E-state index is -0.658. The van der Waals surface area contributed by atoms with Crippen LogP contribution >= 0.6 is 0 Å². The predicted molar refractivity (Wildman–Crippen MR) is 104 cm³/mol. The van der Waals surface area contributed by atoms with Crippen LogP contribution in [-0.2, 0) is 24.2 Å². The summed E-state index contributed by atoms with van der Waals surface area (Å²) in [7, 11) is 0. The quantitative estimate of drug-likeness (QED) is 0.690. The molecule has 152 valence electrons. The molecular weight excluding hydrogens is 376 g/mol. The second kappa shape index (κ2) is 8.14. The molecule has 0 aliphatic heterocycles. The van der Waals surface area contributed by atoms with Gasteiger partial charge in [-0.15, -0.1) is 0 Å². The molecule has 1 N–H and O–H groups in total. The van der Waals surface area contributed by atoms with Gasteiger partial charge < -0.3 is 9.88 Å². The lowest BCUT2D eigenvalue weighted by molar-refractivity contribution is -0.122. The molecule has 2 aromatic heterocycles. The van der Waals surface area contributed by atoms with E-state index in [1.807, 2.05) is 17.7 Å². The summed E-state index contributed by atoms with van der Waals surface area (Å²) in [6.07, 6.45) is 8.87. The molecule has 1 amide bonds. The number of imidazole rings is 1. The number of benzene rings is 1. The number of aromatic nitrogens is 4. The molecule has 1 aliphatic carbocycles. The number of amides is 1. The lowest BCUT2D eigenvalue weighted by Crippen LogP contribution is -2.31. The molecule has 0 radical (unpaired) electrons. The molecule has 0 unspecified atom stereocenters. The Morgan fingerprint density at radius 3 is 3.00 bits per heavy atom. The monoisotopic (exact) mass is 399 g/mol. The fourth-order valence-electron chi connectivity index (χ4n) is 3.91. The Hall–Kier alpha value is -3.03. The van der Waals surface area contributed by atoms with Crippen LogP contribution < -0.4 is 5.32 Å². The first-order valence-corrected chi connectivity index (χ1v) is 9.88. The minimum Gasteiger partial charge on any atom is -0.349 e. The van der Waals surface area contributed by atoms with Crippen LogP contribution in [0.4, 0.5) is 8.78 Å². The smallest absolute Gasteiger partial charge is 0.222 e. The number of hydrogen-bond donors (Lipinski definition) is 1. The van der Waals surface area contributed by atoms with Crippen molar-refractivity contribution in [2.24, 2.45) is 0 Å². The SMILES string of the molecule is CCc1nccn1CCC(=O)N[C@H]1CCCc2c1cnn2-c1ccc(F)cc1F. The maximum absolute atomic E-state index is 14.2. The zero-order valence-electron chi connectivity index (χ0n) is 16.2. The Morgan fingerprint density at radius 1 is 1.34 bits per heavy atom. The molecule has 29 heavy (non-hydrogen) atoms. The molecule has 4 rings (SSSR count). The first kappa shape index (κ1) is 19.3. The molecule has 0 fully saturated rings. The van der Waals surface area contributed by atoms with Crippen LogP contribution in [0.1, 0.15) is 49.3 Å². The van der Waals surface area contributed by atoms with Crippen molar-refractivity contribution in [3.63, 3.8) is 0 Å². The highest BCUT2D eigenvalue weighted by Gasteiger charge is 2.26. The number of rotatable bonds is 6. The summed E-state index contributed by atoms with van der Waals surface area (Å²) in [6, 6.07) is 3.30. The van der Waals surface area contributed by atoms with Crippen LogP contribution in [0.3, 0.4) is 0 Å². The first-order valence-electron chi connectivity index (χ1n) is 9.88. The Labute approximate surface area is 167 Å². The Kier molecular flexibility index (Phi) is 5.42. The third kappa shape index (κ3) is 3.92. The summed E-state index contributed by atoms with van der Waals surface area (Å²) in [4.78, 5) is 16.8. The van der Waals surface area contributed by atoms with Crippen molar-refractivity contribution < 1.29 is 13.6 Å². The van der Waals surface area contributed by atoms with Crippen LogP contribution in [0.25, 0.3) is 5.69 Å². The molecule has 0 spiro atoms. The predicted octanol–water partition coefficient (Wildman–Crippen LogP) is 3.49. The maximum Gasteiger partial charge on any atom is 0.222 e. The average molecular weight is 399 g/mol. The number of hydrogen-bond acceptors (Lipinski definition) is 3. The van der Waals surface area contributed by atoms with Crippen LogP contribution in [0.2, 0.25) is 0 Å². The number of carbonyl (C=O) groups excluding carboxylic acids is 1. The van der Waals surface area contributed by atoms with Gasteiger partial charge in [0.1, 0.15) is 17.3 Å². The molecule has 2 heterocycles. The van der Waals surface area contributed by atoms with E-state index in [0.29, 0.717) is 13.0 Å². The molecule has 6 nitrogen and oxygen atoms in total. The van der Waals surface area contributed by atoms with E-state index in [1.54, 1.807) is 12.4 Å². The van der Waals surface area contributed by atoms with Crippen molar-refractivity contribution in [3.05, 3.63) is 65.5 Å². The molecule has 1 aromatic carbocycles. The first-order chi connectivity index (χ1) is 14.1. The van der Waals surface area contributed by atoms with Crippen molar-refractivity contribution >= 4 is 5.91 Å². The summed E-state index contributed by atoms with van der Waals surface area (Å²) in [5.74, 6) is -0.365. The van der Waals surface area contributed by atoms with E-state index in [2.05, 4.69) is 15.4 Å². The van der Waals surface area contributed by atoms with Crippen molar-refractivity contribution in [2.45, 2.75) is 51.6 Å². The fraction of sp³-hybridized carbons (Fsp3) is 0.381.